The van der Waals surface area contributed by atoms with Gasteiger partial charge in [-0.15, -0.1) is 23.1 Å². The van der Waals surface area contributed by atoms with Crippen LogP contribution in [0.1, 0.15) is 29.9 Å². The number of methoxy groups -OCH3 is 1. The third-order valence-corrected chi connectivity index (χ3v) is 5.38. The van der Waals surface area contributed by atoms with Gasteiger partial charge in [-0.1, -0.05) is 6.92 Å². The first-order chi connectivity index (χ1) is 9.96. The van der Waals surface area contributed by atoms with Crippen molar-refractivity contribution in [2.75, 3.05) is 13.4 Å². The van der Waals surface area contributed by atoms with E-state index in [9.17, 15) is 9.59 Å². The smallest absolute Gasteiger partial charge is 0.173 e. The Labute approximate surface area is 132 Å². The number of ether oxygens (including phenoxy) is 1. The number of thiophene rings is 1. The fourth-order valence-corrected chi connectivity index (χ4v) is 3.71. The van der Waals surface area contributed by atoms with E-state index in [1.807, 2.05) is 18.4 Å². The van der Waals surface area contributed by atoms with Crippen LogP contribution in [0.25, 0.3) is 10.1 Å². The molecule has 0 saturated carbocycles. The van der Waals surface area contributed by atoms with E-state index in [2.05, 4.69) is 6.07 Å². The van der Waals surface area contributed by atoms with Crippen LogP contribution in [0.5, 0.6) is 5.75 Å². The van der Waals surface area contributed by atoms with E-state index in [1.54, 1.807) is 25.8 Å². The van der Waals surface area contributed by atoms with Crippen molar-refractivity contribution in [3.63, 3.8) is 0 Å². The molecular formula is C16H18O3S2. The lowest BCUT2D eigenvalue weighted by atomic mass is 10.0. The molecule has 0 N–H and O–H groups in total. The van der Waals surface area contributed by atoms with Crippen LogP contribution in [-0.4, -0.2) is 24.9 Å². The van der Waals surface area contributed by atoms with Crippen molar-refractivity contribution in [1.82, 2.24) is 0 Å². The second kappa shape index (κ2) is 6.62. The second-order valence-corrected chi connectivity index (χ2v) is 6.93. The van der Waals surface area contributed by atoms with E-state index in [-0.39, 0.29) is 23.9 Å². The maximum Gasteiger partial charge on any atom is 0.173 e. The van der Waals surface area contributed by atoms with Crippen molar-refractivity contribution >= 4 is 44.8 Å². The highest BCUT2D eigenvalue weighted by molar-refractivity contribution is 7.98. The molecule has 0 saturated heterocycles. The molecule has 0 fully saturated rings. The molecule has 3 nitrogen and oxygen atoms in total. The van der Waals surface area contributed by atoms with Gasteiger partial charge in [-0.2, -0.15) is 0 Å². The minimum atomic E-state index is -0.223. The predicted octanol–water partition coefficient (Wildman–Crippen LogP) is 4.43. The van der Waals surface area contributed by atoms with Gasteiger partial charge in [0.25, 0.3) is 0 Å². The van der Waals surface area contributed by atoms with Crippen LogP contribution in [0.4, 0.5) is 0 Å². The number of carbonyl (C=O) groups excluding carboxylic acids is 2. The molecule has 0 spiro atoms. The average Bonchev–Trinajstić information content (AvgIpc) is 2.88. The Morgan fingerprint density at radius 2 is 2.05 bits per heavy atom. The van der Waals surface area contributed by atoms with Gasteiger partial charge in [0.2, 0.25) is 0 Å². The maximum atomic E-state index is 12.3. The largest absolute Gasteiger partial charge is 0.496 e. The quantitative estimate of drug-likeness (QED) is 0.583. The standard InChI is InChI=1S/C16H18O3S2/c1-9(10(2)17)5-12(18)15-7-11-6-13(19-3)16(20-4)8-14(11)21-15/h6-9H,5H2,1-4H3/t9-/m0/s1. The molecule has 1 aromatic carbocycles. The summed E-state index contributed by atoms with van der Waals surface area (Å²) in [6.45, 7) is 3.32. The Bertz CT molecular complexity index is 647. The van der Waals surface area contributed by atoms with Crippen molar-refractivity contribution in [2.45, 2.75) is 25.2 Å². The Hall–Kier alpha value is -1.33. The van der Waals surface area contributed by atoms with E-state index >= 15 is 0 Å². The molecule has 5 heteroatoms. The van der Waals surface area contributed by atoms with Crippen LogP contribution in [0.15, 0.2) is 23.1 Å². The highest BCUT2D eigenvalue weighted by Gasteiger charge is 2.17. The molecule has 1 heterocycles. The summed E-state index contributed by atoms with van der Waals surface area (Å²) in [5, 5.41) is 1.01. The number of carbonyl (C=O) groups is 2. The number of rotatable bonds is 6. The van der Waals surface area contributed by atoms with Crippen LogP contribution in [0.3, 0.4) is 0 Å². The lowest BCUT2D eigenvalue weighted by molar-refractivity contribution is -0.120. The molecule has 1 aromatic heterocycles. The summed E-state index contributed by atoms with van der Waals surface area (Å²) in [6, 6.07) is 5.90. The van der Waals surface area contributed by atoms with Crippen molar-refractivity contribution in [3.05, 3.63) is 23.1 Å². The Morgan fingerprint density at radius 3 is 2.62 bits per heavy atom. The van der Waals surface area contributed by atoms with Gasteiger partial charge in [0.15, 0.2) is 5.78 Å². The molecule has 0 amide bonds. The first kappa shape index (κ1) is 16.0. The van der Waals surface area contributed by atoms with Gasteiger partial charge in [0, 0.05) is 17.0 Å². The van der Waals surface area contributed by atoms with Crippen LogP contribution in [0, 0.1) is 5.92 Å². The van der Waals surface area contributed by atoms with Gasteiger partial charge in [-0.05, 0) is 36.8 Å². The van der Waals surface area contributed by atoms with E-state index in [0.717, 1.165) is 20.7 Å². The summed E-state index contributed by atoms with van der Waals surface area (Å²) in [7, 11) is 1.65. The number of hydrogen-bond acceptors (Lipinski definition) is 5. The first-order valence-electron chi connectivity index (χ1n) is 6.65. The molecule has 0 aliphatic carbocycles. The summed E-state index contributed by atoms with van der Waals surface area (Å²) in [5.41, 5.74) is 0. The van der Waals surface area contributed by atoms with Crippen LogP contribution in [-0.2, 0) is 4.79 Å². The third-order valence-electron chi connectivity index (χ3n) is 3.48. The summed E-state index contributed by atoms with van der Waals surface area (Å²) >= 11 is 3.10. The molecule has 21 heavy (non-hydrogen) atoms. The minimum Gasteiger partial charge on any atom is -0.496 e. The summed E-state index contributed by atoms with van der Waals surface area (Å²) in [5.74, 6) is 0.683. The van der Waals surface area contributed by atoms with Crippen molar-refractivity contribution < 1.29 is 14.3 Å². The fourth-order valence-electron chi connectivity index (χ4n) is 2.03. The lowest BCUT2D eigenvalue weighted by Crippen LogP contribution is -2.11. The second-order valence-electron chi connectivity index (χ2n) is 4.99. The number of fused-ring (bicyclic) bond motifs is 1. The normalized spacial score (nSPS) is 12.4. The Kier molecular flexibility index (Phi) is 5.06. The first-order valence-corrected chi connectivity index (χ1v) is 8.69. The van der Waals surface area contributed by atoms with Crippen LogP contribution in [0.2, 0.25) is 0 Å². The Balaban J connectivity index is 2.34. The summed E-state index contributed by atoms with van der Waals surface area (Å²) in [6.07, 6.45) is 2.27. The average molecular weight is 322 g/mol. The monoisotopic (exact) mass is 322 g/mol. The summed E-state index contributed by atoms with van der Waals surface area (Å²) < 4.78 is 6.43. The number of Topliss-reactive ketones (excluding diaryl/α,β-unsaturated/α-hetero) is 2. The van der Waals surface area contributed by atoms with Crippen molar-refractivity contribution in [2.24, 2.45) is 5.92 Å². The highest BCUT2D eigenvalue weighted by atomic mass is 32.2. The van der Waals surface area contributed by atoms with E-state index < -0.39 is 0 Å². The molecule has 0 radical (unpaired) electrons. The third kappa shape index (κ3) is 3.47. The number of ketones is 2. The van der Waals surface area contributed by atoms with Gasteiger partial charge in [-0.25, -0.2) is 0 Å². The predicted molar refractivity (Wildman–Crippen MR) is 89.0 cm³/mol. The fraction of sp³-hybridized carbons (Fsp3) is 0.375. The topological polar surface area (TPSA) is 43.4 Å². The zero-order chi connectivity index (χ0) is 15.6. The number of benzene rings is 1. The number of thioether (sulfide) groups is 1. The molecule has 0 unspecified atom stereocenters. The highest BCUT2D eigenvalue weighted by Crippen LogP contribution is 2.36. The molecule has 1 atom stereocenters. The van der Waals surface area contributed by atoms with E-state index in [1.165, 1.54) is 18.3 Å². The molecule has 2 aromatic rings. The van der Waals surface area contributed by atoms with Crippen LogP contribution < -0.4 is 4.74 Å². The Morgan fingerprint density at radius 1 is 1.33 bits per heavy atom. The zero-order valence-corrected chi connectivity index (χ0v) is 14.2. The number of hydrogen-bond donors (Lipinski definition) is 0. The van der Waals surface area contributed by atoms with Crippen molar-refractivity contribution in [1.29, 1.82) is 0 Å². The van der Waals surface area contributed by atoms with E-state index in [4.69, 9.17) is 4.74 Å². The van der Waals surface area contributed by atoms with Gasteiger partial charge in [0.05, 0.1) is 16.9 Å². The van der Waals surface area contributed by atoms with Gasteiger partial charge in [0.1, 0.15) is 11.5 Å². The van der Waals surface area contributed by atoms with Gasteiger partial charge >= 0.3 is 0 Å². The summed E-state index contributed by atoms with van der Waals surface area (Å²) in [4.78, 5) is 25.3. The van der Waals surface area contributed by atoms with Gasteiger partial charge in [-0.3, -0.25) is 9.59 Å². The lowest BCUT2D eigenvalue weighted by Gasteiger charge is -2.05. The molecule has 112 valence electrons. The van der Waals surface area contributed by atoms with Crippen LogP contribution >= 0.6 is 23.1 Å². The molecular weight excluding hydrogens is 304 g/mol. The molecule has 0 aliphatic heterocycles. The molecule has 0 aliphatic rings. The molecule has 2 rings (SSSR count). The van der Waals surface area contributed by atoms with Crippen molar-refractivity contribution in [3.8, 4) is 5.75 Å². The maximum absolute atomic E-state index is 12.3. The zero-order valence-electron chi connectivity index (χ0n) is 12.6. The SMILES string of the molecule is COc1cc2cc(C(=O)C[C@H](C)C(C)=O)sc2cc1SC. The molecule has 0 bridgehead atoms. The van der Waals surface area contributed by atoms with Gasteiger partial charge < -0.3 is 4.74 Å². The minimum absolute atomic E-state index is 0.0311. The van der Waals surface area contributed by atoms with E-state index in [0.29, 0.717) is 4.88 Å².